The van der Waals surface area contributed by atoms with Crippen LogP contribution in [0.1, 0.15) is 16.2 Å². The number of rotatable bonds is 6. The number of tetrazole rings is 1. The Balaban J connectivity index is 1.18. The maximum absolute atomic E-state index is 13.0. The Morgan fingerprint density at radius 2 is 1.58 bits per heavy atom. The number of ether oxygens (including phenoxy) is 1. The summed E-state index contributed by atoms with van der Waals surface area (Å²) >= 11 is 5.98. The second kappa shape index (κ2) is 10.6. The summed E-state index contributed by atoms with van der Waals surface area (Å²) in [7, 11) is -3.59. The number of aromatic nitrogens is 4. The molecule has 0 bridgehead atoms. The highest BCUT2D eigenvalue weighted by atomic mass is 35.5. The summed E-state index contributed by atoms with van der Waals surface area (Å²) in [6.45, 7) is 4.43. The number of sulfonamides is 1. The maximum Gasteiger partial charge on any atom is 0.253 e. The molecule has 13 heteroatoms. The van der Waals surface area contributed by atoms with Crippen molar-refractivity contribution in [3.05, 3.63) is 64.9 Å². The van der Waals surface area contributed by atoms with E-state index in [2.05, 4.69) is 20.4 Å². The molecule has 0 unspecified atom stereocenters. The molecule has 11 nitrogen and oxygen atoms in total. The molecule has 190 valence electrons. The van der Waals surface area contributed by atoms with Gasteiger partial charge in [-0.2, -0.15) is 8.99 Å². The number of piperazine rings is 1. The van der Waals surface area contributed by atoms with Crippen LogP contribution in [0.25, 0.3) is 5.69 Å². The first-order valence-electron chi connectivity index (χ1n) is 11.6. The summed E-state index contributed by atoms with van der Waals surface area (Å²) < 4.78 is 34.0. The second-order valence-corrected chi connectivity index (χ2v) is 11.0. The van der Waals surface area contributed by atoms with Crippen LogP contribution in [-0.4, -0.2) is 101 Å². The van der Waals surface area contributed by atoms with Gasteiger partial charge in [0.2, 0.25) is 10.0 Å². The highest BCUT2D eigenvalue weighted by molar-refractivity contribution is 7.89. The molecule has 0 radical (unpaired) electrons. The van der Waals surface area contributed by atoms with Crippen molar-refractivity contribution in [2.75, 3.05) is 52.5 Å². The Kier molecular flexibility index (Phi) is 7.30. The number of benzene rings is 2. The summed E-state index contributed by atoms with van der Waals surface area (Å²) in [6.07, 6.45) is 0. The molecule has 0 spiro atoms. The van der Waals surface area contributed by atoms with E-state index in [-0.39, 0.29) is 10.8 Å². The Labute approximate surface area is 214 Å². The molecule has 5 rings (SSSR count). The summed E-state index contributed by atoms with van der Waals surface area (Å²) in [5.41, 5.74) is 1.29. The Morgan fingerprint density at radius 1 is 0.917 bits per heavy atom. The normalized spacial score (nSPS) is 17.9. The highest BCUT2D eigenvalue weighted by Gasteiger charge is 2.27. The number of halogens is 1. The zero-order valence-corrected chi connectivity index (χ0v) is 21.1. The van der Waals surface area contributed by atoms with Crippen molar-refractivity contribution in [2.24, 2.45) is 0 Å². The standard InChI is InChI=1S/C23H26ClN7O4S/c24-19-3-5-20(6-4-19)31-22(25-26-27-31)17-28-9-11-29(12-10-28)23(32)18-1-7-21(8-2-18)36(33,34)30-13-15-35-16-14-30/h1-8H,9-17H2. The van der Waals surface area contributed by atoms with E-state index in [1.54, 1.807) is 33.8 Å². The lowest BCUT2D eigenvalue weighted by molar-refractivity contribution is 0.0624. The van der Waals surface area contributed by atoms with E-state index in [9.17, 15) is 13.2 Å². The number of nitrogens with zero attached hydrogens (tertiary/aromatic N) is 7. The number of carbonyl (C=O) groups excluding carboxylic acids is 1. The fraction of sp³-hybridized carbons (Fsp3) is 0.391. The van der Waals surface area contributed by atoms with Gasteiger partial charge < -0.3 is 9.64 Å². The van der Waals surface area contributed by atoms with Crippen molar-refractivity contribution in [1.29, 1.82) is 0 Å². The molecule has 1 amide bonds. The quantitative estimate of drug-likeness (QED) is 0.467. The number of amides is 1. The van der Waals surface area contributed by atoms with E-state index in [0.29, 0.717) is 75.4 Å². The maximum atomic E-state index is 13.0. The van der Waals surface area contributed by atoms with Gasteiger partial charge in [-0.1, -0.05) is 11.6 Å². The van der Waals surface area contributed by atoms with E-state index in [0.717, 1.165) is 5.69 Å². The predicted molar refractivity (Wildman–Crippen MR) is 131 cm³/mol. The summed E-state index contributed by atoms with van der Waals surface area (Å²) in [4.78, 5) is 17.2. The number of morpholine rings is 1. The van der Waals surface area contributed by atoms with Crippen molar-refractivity contribution in [1.82, 2.24) is 34.3 Å². The number of hydrogen-bond donors (Lipinski definition) is 0. The van der Waals surface area contributed by atoms with Crippen LogP contribution < -0.4 is 0 Å². The Bertz CT molecular complexity index is 1300. The van der Waals surface area contributed by atoms with E-state index in [1.807, 2.05) is 12.1 Å². The van der Waals surface area contributed by atoms with Gasteiger partial charge in [0.15, 0.2) is 5.82 Å². The summed E-state index contributed by atoms with van der Waals surface area (Å²) in [5.74, 6) is 0.588. The third-order valence-corrected chi connectivity index (χ3v) is 8.50. The second-order valence-electron chi connectivity index (χ2n) is 8.59. The molecule has 2 saturated heterocycles. The van der Waals surface area contributed by atoms with E-state index in [1.165, 1.54) is 16.4 Å². The van der Waals surface area contributed by atoms with Crippen LogP contribution in [0, 0.1) is 0 Å². The zero-order chi connectivity index (χ0) is 25.1. The minimum Gasteiger partial charge on any atom is -0.379 e. The zero-order valence-electron chi connectivity index (χ0n) is 19.5. The third-order valence-electron chi connectivity index (χ3n) is 6.34. The lowest BCUT2D eigenvalue weighted by Crippen LogP contribution is -2.48. The van der Waals surface area contributed by atoms with Gasteiger partial charge in [0.25, 0.3) is 5.91 Å². The molecule has 3 aromatic rings. The van der Waals surface area contributed by atoms with E-state index in [4.69, 9.17) is 16.3 Å². The summed E-state index contributed by atoms with van der Waals surface area (Å²) in [5, 5.41) is 12.7. The SMILES string of the molecule is O=C(c1ccc(S(=O)(=O)N2CCOCC2)cc1)N1CCN(Cc2nnnn2-c2ccc(Cl)cc2)CC1. The molecular formula is C23H26ClN7O4S. The molecule has 0 aliphatic carbocycles. The average Bonchev–Trinajstić information content (AvgIpc) is 3.38. The van der Waals surface area contributed by atoms with Crippen LogP contribution in [0.2, 0.25) is 5.02 Å². The minimum absolute atomic E-state index is 0.115. The lowest BCUT2D eigenvalue weighted by Gasteiger charge is -2.34. The Morgan fingerprint density at radius 3 is 2.25 bits per heavy atom. The van der Waals surface area contributed by atoms with Gasteiger partial charge in [0, 0.05) is 49.9 Å². The van der Waals surface area contributed by atoms with Crippen molar-refractivity contribution < 1.29 is 17.9 Å². The molecule has 0 atom stereocenters. The lowest BCUT2D eigenvalue weighted by atomic mass is 10.2. The fourth-order valence-corrected chi connectivity index (χ4v) is 5.82. The molecular weight excluding hydrogens is 506 g/mol. The third kappa shape index (κ3) is 5.27. The fourth-order valence-electron chi connectivity index (χ4n) is 4.28. The van der Waals surface area contributed by atoms with Crippen molar-refractivity contribution >= 4 is 27.5 Å². The molecule has 2 aliphatic rings. The van der Waals surface area contributed by atoms with Crippen LogP contribution in [-0.2, 0) is 21.3 Å². The topological polar surface area (TPSA) is 114 Å². The van der Waals surface area contributed by atoms with Gasteiger partial charge in [-0.15, -0.1) is 5.10 Å². The monoisotopic (exact) mass is 531 g/mol. The van der Waals surface area contributed by atoms with Crippen LogP contribution in [0.5, 0.6) is 0 Å². The van der Waals surface area contributed by atoms with Crippen LogP contribution in [0.4, 0.5) is 0 Å². The van der Waals surface area contributed by atoms with Gasteiger partial charge in [0.05, 0.1) is 30.3 Å². The molecule has 36 heavy (non-hydrogen) atoms. The van der Waals surface area contributed by atoms with Gasteiger partial charge in [-0.3, -0.25) is 9.69 Å². The molecule has 2 fully saturated rings. The average molecular weight is 532 g/mol. The molecule has 0 saturated carbocycles. The first-order valence-corrected chi connectivity index (χ1v) is 13.5. The molecule has 1 aromatic heterocycles. The van der Waals surface area contributed by atoms with Crippen LogP contribution in [0.3, 0.4) is 0 Å². The number of carbonyl (C=O) groups is 1. The van der Waals surface area contributed by atoms with Gasteiger partial charge in [-0.05, 0) is 59.0 Å². The largest absolute Gasteiger partial charge is 0.379 e. The van der Waals surface area contributed by atoms with Gasteiger partial charge >= 0.3 is 0 Å². The smallest absolute Gasteiger partial charge is 0.253 e. The molecule has 2 aromatic carbocycles. The highest BCUT2D eigenvalue weighted by Crippen LogP contribution is 2.19. The molecule has 3 heterocycles. The predicted octanol–water partition coefficient (Wildman–Crippen LogP) is 1.29. The molecule has 0 N–H and O–H groups in total. The molecule has 2 aliphatic heterocycles. The van der Waals surface area contributed by atoms with Crippen molar-refractivity contribution in [3.8, 4) is 5.69 Å². The van der Waals surface area contributed by atoms with E-state index >= 15 is 0 Å². The van der Waals surface area contributed by atoms with Gasteiger partial charge in [-0.25, -0.2) is 8.42 Å². The van der Waals surface area contributed by atoms with Crippen molar-refractivity contribution in [2.45, 2.75) is 11.4 Å². The summed E-state index contributed by atoms with van der Waals surface area (Å²) in [6, 6.07) is 13.5. The van der Waals surface area contributed by atoms with Crippen molar-refractivity contribution in [3.63, 3.8) is 0 Å². The van der Waals surface area contributed by atoms with Crippen LogP contribution in [0.15, 0.2) is 53.4 Å². The number of hydrogen-bond acceptors (Lipinski definition) is 8. The van der Waals surface area contributed by atoms with Gasteiger partial charge in [0.1, 0.15) is 0 Å². The van der Waals surface area contributed by atoms with Crippen LogP contribution >= 0.6 is 11.6 Å². The first-order chi connectivity index (χ1) is 17.4. The Hall–Kier alpha value is -2.90. The van der Waals surface area contributed by atoms with E-state index < -0.39 is 10.0 Å². The minimum atomic E-state index is -3.59. The first kappa shape index (κ1) is 24.8.